The standard InChI is InChI=1S/C31H38N4O4S/c1-3-33(4-2)31(37)39-23-35(18-15-34(16-19-35)28-8-7-9-29-26(28)14-21-40-29)17-5-6-20-38-25-12-10-24-11-13-30(36)32-27(24)22-25/h7-14,21-22H,3-6,15-20,23H2,1-2H3/p+1. The number of hydrogen-bond donors (Lipinski definition) is 1. The van der Waals surface area contributed by atoms with Crippen LogP contribution in [-0.4, -0.2) is 79.6 Å². The first-order chi connectivity index (χ1) is 19.5. The summed E-state index contributed by atoms with van der Waals surface area (Å²) in [4.78, 5) is 31.4. The molecule has 2 aromatic heterocycles. The second-order valence-corrected chi connectivity index (χ2v) is 11.4. The third kappa shape index (κ3) is 6.42. The van der Waals surface area contributed by atoms with Gasteiger partial charge in [-0.15, -0.1) is 11.3 Å². The summed E-state index contributed by atoms with van der Waals surface area (Å²) in [5, 5.41) is 4.45. The summed E-state index contributed by atoms with van der Waals surface area (Å²) in [7, 11) is 0. The third-order valence-corrected chi connectivity index (χ3v) is 8.86. The minimum absolute atomic E-state index is 0.118. The summed E-state index contributed by atoms with van der Waals surface area (Å²) in [6.07, 6.45) is 1.63. The molecule has 8 nitrogen and oxygen atoms in total. The Hall–Kier alpha value is -3.56. The van der Waals surface area contributed by atoms with Crippen LogP contribution in [0.2, 0.25) is 0 Å². The molecule has 212 valence electrons. The van der Waals surface area contributed by atoms with Crippen LogP contribution in [0.4, 0.5) is 10.5 Å². The highest BCUT2D eigenvalue weighted by Gasteiger charge is 2.35. The van der Waals surface area contributed by atoms with Gasteiger partial charge in [0.15, 0.2) is 0 Å². The molecule has 1 aliphatic heterocycles. The number of rotatable bonds is 11. The molecule has 0 atom stereocenters. The summed E-state index contributed by atoms with van der Waals surface area (Å²) < 4.78 is 14.0. The molecule has 3 heterocycles. The quantitative estimate of drug-likeness (QED) is 0.188. The Morgan fingerprint density at radius 2 is 1.85 bits per heavy atom. The summed E-state index contributed by atoms with van der Waals surface area (Å²) in [6, 6.07) is 17.9. The van der Waals surface area contributed by atoms with Gasteiger partial charge in [0.25, 0.3) is 0 Å². The van der Waals surface area contributed by atoms with E-state index >= 15 is 0 Å². The lowest BCUT2D eigenvalue weighted by atomic mass is 10.1. The number of hydrogen-bond acceptors (Lipinski definition) is 6. The minimum atomic E-state index is -0.231. The van der Waals surface area contributed by atoms with Crippen LogP contribution in [0.25, 0.3) is 21.0 Å². The molecule has 1 N–H and O–H groups in total. The zero-order valence-electron chi connectivity index (χ0n) is 23.4. The molecular weight excluding hydrogens is 524 g/mol. The summed E-state index contributed by atoms with van der Waals surface area (Å²) in [5.74, 6) is 0.752. The van der Waals surface area contributed by atoms with E-state index in [-0.39, 0.29) is 11.7 Å². The van der Waals surface area contributed by atoms with E-state index in [1.165, 1.54) is 21.8 Å². The maximum absolute atomic E-state index is 12.7. The predicted molar refractivity (Wildman–Crippen MR) is 162 cm³/mol. The van der Waals surface area contributed by atoms with Gasteiger partial charge in [0.05, 0.1) is 44.8 Å². The number of nitrogens with one attached hydrogen (secondary N) is 1. The SMILES string of the molecule is CCN(CC)C(=O)OC[N+]1(CCCCOc2ccc3ccc(=O)[nH]c3c2)CCN(c2cccc3sccc23)CC1. The first-order valence-corrected chi connectivity index (χ1v) is 15.1. The third-order valence-electron chi connectivity index (χ3n) is 7.98. The largest absolute Gasteiger partial charge is 0.494 e. The molecule has 0 bridgehead atoms. The smallest absolute Gasteiger partial charge is 0.414 e. The number of amides is 1. The topological polar surface area (TPSA) is 74.9 Å². The first kappa shape index (κ1) is 28.0. The zero-order valence-corrected chi connectivity index (χ0v) is 24.3. The molecule has 1 aliphatic rings. The van der Waals surface area contributed by atoms with Crippen molar-refractivity contribution in [3.05, 3.63) is 70.3 Å². The number of carbonyl (C=O) groups excluding carboxylic acids is 1. The second kappa shape index (κ2) is 12.7. The number of unbranched alkanes of at least 4 members (excludes halogenated alkanes) is 1. The van der Waals surface area contributed by atoms with Gasteiger partial charge >= 0.3 is 6.09 Å². The van der Waals surface area contributed by atoms with E-state index in [9.17, 15) is 9.59 Å². The van der Waals surface area contributed by atoms with Crippen LogP contribution >= 0.6 is 11.3 Å². The van der Waals surface area contributed by atoms with Crippen molar-refractivity contribution in [2.24, 2.45) is 0 Å². The highest BCUT2D eigenvalue weighted by molar-refractivity contribution is 7.17. The molecule has 1 fully saturated rings. The van der Waals surface area contributed by atoms with Gasteiger partial charge in [-0.25, -0.2) is 4.79 Å². The fourth-order valence-electron chi connectivity index (χ4n) is 5.52. The lowest BCUT2D eigenvalue weighted by Crippen LogP contribution is -2.61. The number of anilines is 1. The molecule has 5 rings (SSSR count). The van der Waals surface area contributed by atoms with Crippen molar-refractivity contribution < 1.29 is 18.8 Å². The maximum Gasteiger partial charge on any atom is 0.414 e. The summed E-state index contributed by atoms with van der Waals surface area (Å²) in [5.41, 5.74) is 1.95. The van der Waals surface area contributed by atoms with Gasteiger partial charge in [-0.1, -0.05) is 6.07 Å². The first-order valence-electron chi connectivity index (χ1n) is 14.2. The van der Waals surface area contributed by atoms with Crippen molar-refractivity contribution in [1.29, 1.82) is 0 Å². The summed E-state index contributed by atoms with van der Waals surface area (Å²) >= 11 is 1.78. The molecule has 0 unspecified atom stereocenters. The number of benzene rings is 2. The van der Waals surface area contributed by atoms with E-state index in [0.29, 0.717) is 26.4 Å². The Kier molecular flexibility index (Phi) is 8.91. The lowest BCUT2D eigenvalue weighted by molar-refractivity contribution is -0.944. The average Bonchev–Trinajstić information content (AvgIpc) is 3.46. The van der Waals surface area contributed by atoms with E-state index in [2.05, 4.69) is 39.5 Å². The average molecular weight is 564 g/mol. The number of pyridine rings is 1. The van der Waals surface area contributed by atoms with Crippen molar-refractivity contribution in [2.75, 3.05) is 64.1 Å². The van der Waals surface area contributed by atoms with Crippen LogP contribution in [0.5, 0.6) is 5.75 Å². The molecule has 9 heteroatoms. The number of H-pyrrole nitrogens is 1. The number of fused-ring (bicyclic) bond motifs is 2. The van der Waals surface area contributed by atoms with Gasteiger partial charge in [-0.05, 0) is 73.9 Å². The predicted octanol–water partition coefficient (Wildman–Crippen LogP) is 5.67. The van der Waals surface area contributed by atoms with Gasteiger partial charge < -0.3 is 24.3 Å². The maximum atomic E-state index is 12.7. The van der Waals surface area contributed by atoms with Crippen molar-refractivity contribution >= 4 is 44.1 Å². The van der Waals surface area contributed by atoms with Gasteiger partial charge in [0.2, 0.25) is 12.3 Å². The number of carbonyl (C=O) groups is 1. The van der Waals surface area contributed by atoms with E-state index in [0.717, 1.165) is 66.7 Å². The van der Waals surface area contributed by atoms with Crippen molar-refractivity contribution in [3.8, 4) is 5.75 Å². The number of thiophene rings is 1. The van der Waals surface area contributed by atoms with Gasteiger partial charge in [0.1, 0.15) is 5.75 Å². The van der Waals surface area contributed by atoms with Gasteiger partial charge in [-0.2, -0.15) is 0 Å². The van der Waals surface area contributed by atoms with Crippen LogP contribution in [0.15, 0.2) is 64.8 Å². The molecule has 0 aliphatic carbocycles. The highest BCUT2D eigenvalue weighted by Crippen LogP contribution is 2.32. The minimum Gasteiger partial charge on any atom is -0.494 e. The Morgan fingerprint density at radius 3 is 2.65 bits per heavy atom. The molecule has 4 aromatic rings. The number of nitrogens with zero attached hydrogens (tertiary/aromatic N) is 3. The molecule has 0 spiro atoms. The van der Waals surface area contributed by atoms with Crippen LogP contribution in [0, 0.1) is 0 Å². The summed E-state index contributed by atoms with van der Waals surface area (Å²) in [6.45, 7) is 10.8. The van der Waals surface area contributed by atoms with Crippen LogP contribution in [0.3, 0.4) is 0 Å². The van der Waals surface area contributed by atoms with Crippen LogP contribution in [0.1, 0.15) is 26.7 Å². The Bertz CT molecular complexity index is 1490. The van der Waals surface area contributed by atoms with Gasteiger partial charge in [-0.3, -0.25) is 9.28 Å². The van der Waals surface area contributed by atoms with Crippen molar-refractivity contribution in [1.82, 2.24) is 9.88 Å². The number of piperazine rings is 1. The molecule has 40 heavy (non-hydrogen) atoms. The molecule has 2 aromatic carbocycles. The highest BCUT2D eigenvalue weighted by atomic mass is 32.1. The molecular formula is C31H39N4O4S+. The molecule has 0 radical (unpaired) electrons. The van der Waals surface area contributed by atoms with Crippen molar-refractivity contribution in [3.63, 3.8) is 0 Å². The lowest BCUT2D eigenvalue weighted by Gasteiger charge is -2.45. The van der Waals surface area contributed by atoms with E-state index < -0.39 is 0 Å². The molecule has 0 saturated carbocycles. The normalized spacial score (nSPS) is 14.9. The second-order valence-electron chi connectivity index (χ2n) is 10.4. The zero-order chi connectivity index (χ0) is 28.0. The Balaban J connectivity index is 1.19. The van der Waals surface area contributed by atoms with E-state index in [4.69, 9.17) is 9.47 Å². The number of ether oxygens (including phenoxy) is 2. The number of aromatic amines is 1. The number of quaternary nitrogens is 1. The van der Waals surface area contributed by atoms with E-state index in [1.54, 1.807) is 16.2 Å². The fraction of sp³-hybridized carbons (Fsp3) is 0.419. The molecule has 1 saturated heterocycles. The van der Waals surface area contributed by atoms with Crippen LogP contribution in [-0.2, 0) is 4.74 Å². The van der Waals surface area contributed by atoms with E-state index in [1.807, 2.05) is 38.1 Å². The monoisotopic (exact) mass is 563 g/mol. The fourth-order valence-corrected chi connectivity index (χ4v) is 6.33. The Labute approximate surface area is 239 Å². The van der Waals surface area contributed by atoms with Crippen LogP contribution < -0.4 is 15.2 Å². The van der Waals surface area contributed by atoms with Gasteiger partial charge in [0, 0.05) is 41.0 Å². The number of aromatic nitrogens is 1. The van der Waals surface area contributed by atoms with Crippen molar-refractivity contribution in [2.45, 2.75) is 26.7 Å². The Morgan fingerprint density at radius 1 is 1.05 bits per heavy atom. The molecule has 1 amide bonds.